The van der Waals surface area contributed by atoms with Crippen LogP contribution >= 0.6 is 47.5 Å². The van der Waals surface area contributed by atoms with Crippen molar-refractivity contribution in [1.82, 2.24) is 10.6 Å². The van der Waals surface area contributed by atoms with Gasteiger partial charge in [-0.3, -0.25) is 4.99 Å². The third-order valence-electron chi connectivity index (χ3n) is 2.75. The zero-order valence-electron chi connectivity index (χ0n) is 12.9. The van der Waals surface area contributed by atoms with Crippen LogP contribution in [0.1, 0.15) is 12.7 Å². The third kappa shape index (κ3) is 10.4. The molecular formula is C14H26IN3OS2. The Morgan fingerprint density at radius 1 is 1.33 bits per heavy atom. The Kier molecular flexibility index (Phi) is 13.6. The van der Waals surface area contributed by atoms with Crippen molar-refractivity contribution < 1.29 is 4.42 Å². The van der Waals surface area contributed by atoms with Gasteiger partial charge in [0.15, 0.2) is 5.96 Å². The number of nitrogens with one attached hydrogen (secondary N) is 2. The molecule has 0 radical (unpaired) electrons. The zero-order chi connectivity index (χ0) is 14.6. The zero-order valence-corrected chi connectivity index (χ0v) is 16.9. The molecule has 0 bridgehead atoms. The number of nitrogens with zero attached hydrogens (tertiary/aromatic N) is 1. The Morgan fingerprint density at radius 2 is 2.10 bits per heavy atom. The molecular weight excluding hydrogens is 417 g/mol. The number of guanidine groups is 1. The predicted octanol–water partition coefficient (Wildman–Crippen LogP) is 3.09. The maximum Gasteiger partial charge on any atom is 0.191 e. The molecule has 0 aliphatic carbocycles. The highest BCUT2D eigenvalue weighted by Gasteiger charge is 2.02. The summed E-state index contributed by atoms with van der Waals surface area (Å²) in [6, 6.07) is 3.91. The molecule has 0 fully saturated rings. The Morgan fingerprint density at radius 3 is 2.71 bits per heavy atom. The van der Waals surface area contributed by atoms with Gasteiger partial charge in [0.2, 0.25) is 0 Å². The number of hydrogen-bond acceptors (Lipinski definition) is 4. The van der Waals surface area contributed by atoms with Gasteiger partial charge in [-0.1, -0.05) is 6.92 Å². The molecule has 1 aromatic heterocycles. The average Bonchev–Trinajstić information content (AvgIpc) is 2.97. The minimum atomic E-state index is 0. The molecule has 1 aromatic rings. The van der Waals surface area contributed by atoms with E-state index in [0.29, 0.717) is 5.25 Å². The number of halogens is 1. The number of rotatable bonds is 9. The molecule has 0 aliphatic rings. The van der Waals surface area contributed by atoms with Gasteiger partial charge in [0.05, 0.1) is 12.8 Å². The van der Waals surface area contributed by atoms with Crippen molar-refractivity contribution in [2.75, 3.05) is 37.9 Å². The molecule has 1 rings (SSSR count). The fourth-order valence-corrected chi connectivity index (χ4v) is 2.03. The van der Waals surface area contributed by atoms with E-state index >= 15 is 0 Å². The van der Waals surface area contributed by atoms with E-state index < -0.39 is 0 Å². The molecule has 0 aliphatic heterocycles. The lowest BCUT2D eigenvalue weighted by Gasteiger charge is -2.13. The van der Waals surface area contributed by atoms with Crippen LogP contribution in [-0.4, -0.2) is 49.1 Å². The fourth-order valence-electron chi connectivity index (χ4n) is 1.50. The SMILES string of the molecule is CSCCNC(=NCC(C)SC)NCCc1ccco1.I. The molecule has 1 atom stereocenters. The highest BCUT2D eigenvalue weighted by molar-refractivity contribution is 14.0. The minimum Gasteiger partial charge on any atom is -0.469 e. The smallest absolute Gasteiger partial charge is 0.191 e. The van der Waals surface area contributed by atoms with Gasteiger partial charge in [0.1, 0.15) is 5.76 Å². The molecule has 7 heteroatoms. The molecule has 1 unspecified atom stereocenters. The van der Waals surface area contributed by atoms with Crippen molar-refractivity contribution in [2.45, 2.75) is 18.6 Å². The normalized spacial score (nSPS) is 12.6. The summed E-state index contributed by atoms with van der Waals surface area (Å²) in [5.41, 5.74) is 0. The second kappa shape index (κ2) is 13.6. The molecule has 21 heavy (non-hydrogen) atoms. The van der Waals surface area contributed by atoms with Crippen LogP contribution in [0, 0.1) is 0 Å². The third-order valence-corrected chi connectivity index (χ3v) is 4.32. The maximum atomic E-state index is 5.32. The second-order valence-electron chi connectivity index (χ2n) is 4.41. The summed E-state index contributed by atoms with van der Waals surface area (Å²) in [6.07, 6.45) is 6.81. The Labute approximate surface area is 153 Å². The molecule has 122 valence electrons. The van der Waals surface area contributed by atoms with Gasteiger partial charge in [0.25, 0.3) is 0 Å². The largest absolute Gasteiger partial charge is 0.469 e. The van der Waals surface area contributed by atoms with E-state index in [9.17, 15) is 0 Å². The molecule has 2 N–H and O–H groups in total. The standard InChI is InChI=1S/C14H25N3OS2.HI/c1-12(20-3)11-17-14(16-8-10-19-2)15-7-6-13-5-4-9-18-13;/h4-5,9,12H,6-8,10-11H2,1-3H3,(H2,15,16,17);1H. The van der Waals surface area contributed by atoms with Crippen molar-refractivity contribution in [3.05, 3.63) is 24.2 Å². The average molecular weight is 443 g/mol. The summed E-state index contributed by atoms with van der Waals surface area (Å²) in [6.45, 7) is 4.78. The van der Waals surface area contributed by atoms with Gasteiger partial charge < -0.3 is 15.1 Å². The Balaban J connectivity index is 0.00000400. The molecule has 1 heterocycles. The first-order chi connectivity index (χ1) is 9.76. The predicted molar refractivity (Wildman–Crippen MR) is 107 cm³/mol. The number of furan rings is 1. The molecule has 0 saturated heterocycles. The van der Waals surface area contributed by atoms with Gasteiger partial charge in [-0.15, -0.1) is 24.0 Å². The summed E-state index contributed by atoms with van der Waals surface area (Å²) in [5, 5.41) is 7.26. The van der Waals surface area contributed by atoms with Crippen LogP contribution in [0.15, 0.2) is 27.8 Å². The highest BCUT2D eigenvalue weighted by atomic mass is 127. The first kappa shape index (κ1) is 21.0. The molecule has 4 nitrogen and oxygen atoms in total. The van der Waals surface area contributed by atoms with Crippen LogP contribution < -0.4 is 10.6 Å². The van der Waals surface area contributed by atoms with Gasteiger partial charge in [0, 0.05) is 30.5 Å². The lowest BCUT2D eigenvalue weighted by Crippen LogP contribution is -2.39. The van der Waals surface area contributed by atoms with Crippen molar-refractivity contribution in [3.8, 4) is 0 Å². The van der Waals surface area contributed by atoms with E-state index in [2.05, 4.69) is 35.1 Å². The second-order valence-corrected chi connectivity index (χ2v) is 6.67. The van der Waals surface area contributed by atoms with Crippen LogP contribution in [0.2, 0.25) is 0 Å². The van der Waals surface area contributed by atoms with E-state index in [1.54, 1.807) is 6.26 Å². The van der Waals surface area contributed by atoms with Crippen LogP contribution in [-0.2, 0) is 6.42 Å². The molecule has 0 amide bonds. The first-order valence-corrected chi connectivity index (χ1v) is 9.50. The molecule has 0 saturated carbocycles. The van der Waals surface area contributed by atoms with Crippen molar-refractivity contribution >= 4 is 53.5 Å². The maximum absolute atomic E-state index is 5.32. The van der Waals surface area contributed by atoms with E-state index in [1.807, 2.05) is 35.7 Å². The molecule has 0 spiro atoms. The summed E-state index contributed by atoms with van der Waals surface area (Å²) in [4.78, 5) is 4.62. The van der Waals surface area contributed by atoms with E-state index in [-0.39, 0.29) is 24.0 Å². The van der Waals surface area contributed by atoms with E-state index in [1.165, 1.54) is 0 Å². The van der Waals surface area contributed by atoms with Crippen molar-refractivity contribution in [2.24, 2.45) is 4.99 Å². The summed E-state index contributed by atoms with van der Waals surface area (Å²) in [7, 11) is 0. The summed E-state index contributed by atoms with van der Waals surface area (Å²) >= 11 is 3.67. The number of hydrogen-bond donors (Lipinski definition) is 2. The Bertz CT molecular complexity index is 374. The number of thioether (sulfide) groups is 2. The lowest BCUT2D eigenvalue weighted by atomic mass is 10.3. The van der Waals surface area contributed by atoms with Gasteiger partial charge in [-0.2, -0.15) is 23.5 Å². The monoisotopic (exact) mass is 443 g/mol. The van der Waals surface area contributed by atoms with E-state index in [0.717, 1.165) is 43.5 Å². The van der Waals surface area contributed by atoms with Crippen LogP contribution in [0.3, 0.4) is 0 Å². The lowest BCUT2D eigenvalue weighted by molar-refractivity contribution is 0.507. The summed E-state index contributed by atoms with van der Waals surface area (Å²) in [5.74, 6) is 2.97. The van der Waals surface area contributed by atoms with Gasteiger partial charge in [-0.05, 0) is 24.6 Å². The number of aliphatic imine (C=N–C) groups is 1. The first-order valence-electron chi connectivity index (χ1n) is 6.82. The van der Waals surface area contributed by atoms with Gasteiger partial charge in [-0.25, -0.2) is 0 Å². The van der Waals surface area contributed by atoms with Crippen LogP contribution in [0.5, 0.6) is 0 Å². The quantitative estimate of drug-likeness (QED) is 0.266. The van der Waals surface area contributed by atoms with Crippen LogP contribution in [0.25, 0.3) is 0 Å². The van der Waals surface area contributed by atoms with E-state index in [4.69, 9.17) is 4.42 Å². The molecule has 0 aromatic carbocycles. The van der Waals surface area contributed by atoms with Crippen molar-refractivity contribution in [3.63, 3.8) is 0 Å². The Hall–Kier alpha value is -0.0200. The van der Waals surface area contributed by atoms with Crippen LogP contribution in [0.4, 0.5) is 0 Å². The fraction of sp³-hybridized carbons (Fsp3) is 0.643. The van der Waals surface area contributed by atoms with Gasteiger partial charge >= 0.3 is 0 Å². The highest BCUT2D eigenvalue weighted by Crippen LogP contribution is 2.04. The topological polar surface area (TPSA) is 49.6 Å². The minimum absolute atomic E-state index is 0. The van der Waals surface area contributed by atoms with Crippen molar-refractivity contribution in [1.29, 1.82) is 0 Å². The summed E-state index contributed by atoms with van der Waals surface area (Å²) < 4.78 is 5.32.